The summed E-state index contributed by atoms with van der Waals surface area (Å²) in [5.74, 6) is -1.02. The third-order valence-corrected chi connectivity index (χ3v) is 7.38. The van der Waals surface area contributed by atoms with Crippen LogP contribution in [0.2, 0.25) is 0 Å². The van der Waals surface area contributed by atoms with E-state index in [-0.39, 0.29) is 22.2 Å². The Morgan fingerprint density at radius 2 is 1.70 bits per heavy atom. The minimum absolute atomic E-state index is 0.00495. The van der Waals surface area contributed by atoms with Crippen LogP contribution in [0.1, 0.15) is 73.7 Å². The molecule has 0 radical (unpaired) electrons. The van der Waals surface area contributed by atoms with Crippen LogP contribution in [0.3, 0.4) is 0 Å². The first-order chi connectivity index (χ1) is 14.2. The number of aliphatic imine (C=N–C) groups is 1. The van der Waals surface area contributed by atoms with Gasteiger partial charge in [-0.15, -0.1) is 11.6 Å². The normalized spacial score (nSPS) is 26.1. The molecule has 2 bridgehead atoms. The average Bonchev–Trinajstić information content (AvgIpc) is 2.73. The molecule has 7 nitrogen and oxygen atoms in total. The van der Waals surface area contributed by atoms with Crippen molar-refractivity contribution in [3.63, 3.8) is 0 Å². The number of nitrogens with one attached hydrogen (secondary N) is 1. The molecule has 0 aromatic heterocycles. The number of hydrogen-bond acceptors (Lipinski definition) is 4. The molecule has 0 heterocycles. The van der Waals surface area contributed by atoms with Gasteiger partial charge in [-0.25, -0.2) is 0 Å². The predicted octanol–water partition coefficient (Wildman–Crippen LogP) is 1.82. The van der Waals surface area contributed by atoms with Gasteiger partial charge in [0.15, 0.2) is 5.96 Å². The lowest BCUT2D eigenvalue weighted by Gasteiger charge is -2.51. The van der Waals surface area contributed by atoms with Crippen molar-refractivity contribution in [1.82, 2.24) is 5.32 Å². The monoisotopic (exact) mass is 434 g/mol. The van der Waals surface area contributed by atoms with Gasteiger partial charge in [-0.05, 0) is 74.5 Å². The van der Waals surface area contributed by atoms with Gasteiger partial charge < -0.3 is 26.8 Å². The molecular formula is C21H32BClN4O3. The molecule has 1 aromatic carbocycles. The Bertz CT molecular complexity index is 743. The predicted molar refractivity (Wildman–Crippen MR) is 120 cm³/mol. The number of halogens is 1. The summed E-state index contributed by atoms with van der Waals surface area (Å²) in [6, 6.07) is 7.74. The van der Waals surface area contributed by atoms with E-state index in [9.17, 15) is 14.8 Å². The number of amides is 1. The Hall–Kier alpha value is -1.77. The molecule has 3 fully saturated rings. The second-order valence-corrected chi connectivity index (χ2v) is 9.61. The van der Waals surface area contributed by atoms with Crippen LogP contribution in [0.4, 0.5) is 0 Å². The first-order valence-corrected chi connectivity index (χ1v) is 11.1. The van der Waals surface area contributed by atoms with Gasteiger partial charge in [0.05, 0.1) is 5.94 Å². The number of guanidine groups is 1. The van der Waals surface area contributed by atoms with Gasteiger partial charge in [0, 0.05) is 17.0 Å². The highest BCUT2D eigenvalue weighted by Crippen LogP contribution is 2.56. The molecule has 1 amide bonds. The fourth-order valence-electron chi connectivity index (χ4n) is 4.78. The van der Waals surface area contributed by atoms with Gasteiger partial charge in [-0.3, -0.25) is 9.79 Å². The number of hydrogen-bond donors (Lipinski definition) is 5. The zero-order chi connectivity index (χ0) is 21.8. The summed E-state index contributed by atoms with van der Waals surface area (Å²) in [5, 5.41) is 22.0. The molecule has 30 heavy (non-hydrogen) atoms. The summed E-state index contributed by atoms with van der Waals surface area (Å²) in [7, 11) is -1.63. The van der Waals surface area contributed by atoms with Gasteiger partial charge in [0.2, 0.25) is 0 Å². The summed E-state index contributed by atoms with van der Waals surface area (Å²) >= 11 is 6.64. The van der Waals surface area contributed by atoms with Crippen molar-refractivity contribution >= 4 is 30.6 Å². The van der Waals surface area contributed by atoms with Crippen LogP contribution in [-0.4, -0.2) is 46.4 Å². The Morgan fingerprint density at radius 1 is 1.10 bits per heavy atom. The fraction of sp³-hybridized carbons (Fsp3) is 0.619. The minimum Gasteiger partial charge on any atom is -0.426 e. The molecule has 0 saturated heterocycles. The second-order valence-electron chi connectivity index (χ2n) is 8.80. The second kappa shape index (κ2) is 9.58. The molecule has 3 saturated carbocycles. The summed E-state index contributed by atoms with van der Waals surface area (Å²) in [4.78, 5) is 16.5. The number of carbonyl (C=O) groups excluding carboxylic acids is 1. The first kappa shape index (κ1) is 22.9. The van der Waals surface area contributed by atoms with Gasteiger partial charge in [-0.2, -0.15) is 0 Å². The lowest BCUT2D eigenvalue weighted by molar-refractivity contribution is 0.0940. The lowest BCUT2D eigenvalue weighted by Crippen LogP contribution is -2.46. The number of rotatable bonds is 9. The van der Waals surface area contributed by atoms with E-state index in [1.165, 1.54) is 5.56 Å². The molecule has 164 valence electrons. The molecule has 7 N–H and O–H groups in total. The lowest BCUT2D eigenvalue weighted by atomic mass is 9.57. The van der Waals surface area contributed by atoms with E-state index in [1.54, 1.807) is 0 Å². The van der Waals surface area contributed by atoms with Crippen molar-refractivity contribution < 1.29 is 14.8 Å². The number of benzene rings is 1. The van der Waals surface area contributed by atoms with Crippen LogP contribution < -0.4 is 16.8 Å². The summed E-state index contributed by atoms with van der Waals surface area (Å²) < 4.78 is 0. The number of unbranched alkanes of at least 4 members (excludes halogenated alkanes) is 1. The number of nitrogens with zero attached hydrogens (tertiary/aromatic N) is 1. The van der Waals surface area contributed by atoms with Gasteiger partial charge >= 0.3 is 7.12 Å². The van der Waals surface area contributed by atoms with Gasteiger partial charge in [0.1, 0.15) is 0 Å². The van der Waals surface area contributed by atoms with Crippen LogP contribution in [0.5, 0.6) is 0 Å². The highest BCUT2D eigenvalue weighted by atomic mass is 35.5. The Kier molecular flexibility index (Phi) is 7.32. The molecular weight excluding hydrogens is 403 g/mol. The zero-order valence-electron chi connectivity index (χ0n) is 17.3. The van der Waals surface area contributed by atoms with Gasteiger partial charge in [0.25, 0.3) is 5.91 Å². The molecule has 0 aliphatic heterocycles. The Balaban J connectivity index is 1.56. The van der Waals surface area contributed by atoms with Crippen molar-refractivity contribution in [1.29, 1.82) is 0 Å². The summed E-state index contributed by atoms with van der Waals surface area (Å²) in [6.45, 7) is 0.471. The Labute approximate surface area is 183 Å². The fourth-order valence-corrected chi connectivity index (χ4v) is 5.06. The van der Waals surface area contributed by atoms with Crippen molar-refractivity contribution in [2.24, 2.45) is 16.5 Å². The van der Waals surface area contributed by atoms with Crippen LogP contribution in [-0.2, 0) is 5.41 Å². The van der Waals surface area contributed by atoms with Crippen LogP contribution in [0.15, 0.2) is 29.3 Å². The maximum absolute atomic E-state index is 12.6. The Morgan fingerprint density at radius 3 is 2.23 bits per heavy atom. The number of alkyl halides is 1. The molecule has 1 atom stereocenters. The van der Waals surface area contributed by atoms with E-state index < -0.39 is 13.1 Å². The topological polar surface area (TPSA) is 134 Å². The van der Waals surface area contributed by atoms with E-state index in [0.29, 0.717) is 31.4 Å². The van der Waals surface area contributed by atoms with Gasteiger partial charge in [-0.1, -0.05) is 18.6 Å². The van der Waals surface area contributed by atoms with Crippen LogP contribution >= 0.6 is 11.6 Å². The minimum atomic E-state index is -1.63. The van der Waals surface area contributed by atoms with E-state index in [2.05, 4.69) is 10.3 Å². The molecule has 0 spiro atoms. The molecule has 3 aliphatic carbocycles. The van der Waals surface area contributed by atoms with E-state index in [4.69, 9.17) is 23.1 Å². The standard InChI is InChI=1S/C21H32BClN4O3/c23-21-11-8-20(9-12-21,10-13-21)16-6-4-15(5-7-16)18(28)27-17(22(29)30)3-1-2-14-26-19(24)25/h4-7,17,29-30H,1-3,8-14H2,(H,27,28)(H4,24,25,26). The summed E-state index contributed by atoms with van der Waals surface area (Å²) in [5.41, 5.74) is 12.5. The highest BCUT2D eigenvalue weighted by molar-refractivity contribution is 6.43. The summed E-state index contributed by atoms with van der Waals surface area (Å²) in [6.07, 6.45) is 8.22. The van der Waals surface area contributed by atoms with E-state index in [1.807, 2.05) is 24.3 Å². The number of fused-ring (bicyclic) bond motifs is 3. The molecule has 9 heteroatoms. The number of carbonyl (C=O) groups is 1. The molecule has 1 unspecified atom stereocenters. The van der Waals surface area contributed by atoms with Crippen molar-refractivity contribution in [2.75, 3.05) is 6.54 Å². The zero-order valence-corrected chi connectivity index (χ0v) is 18.1. The maximum atomic E-state index is 12.6. The van der Waals surface area contributed by atoms with E-state index >= 15 is 0 Å². The van der Waals surface area contributed by atoms with Crippen molar-refractivity contribution in [3.05, 3.63) is 35.4 Å². The maximum Gasteiger partial charge on any atom is 0.475 e. The molecule has 1 aromatic rings. The SMILES string of the molecule is NC(N)=NCCCCC(NC(=O)c1ccc(C23CCC(Cl)(CC2)CC3)cc1)B(O)O. The molecule has 4 rings (SSSR count). The first-order valence-electron chi connectivity index (χ1n) is 10.7. The largest absolute Gasteiger partial charge is 0.475 e. The number of nitrogens with two attached hydrogens (primary N) is 2. The van der Waals surface area contributed by atoms with Crippen molar-refractivity contribution in [2.45, 2.75) is 74.0 Å². The van der Waals surface area contributed by atoms with Crippen LogP contribution in [0.25, 0.3) is 0 Å². The highest BCUT2D eigenvalue weighted by Gasteiger charge is 2.48. The average molecular weight is 435 g/mol. The quantitative estimate of drug-likeness (QED) is 0.133. The van der Waals surface area contributed by atoms with Crippen molar-refractivity contribution in [3.8, 4) is 0 Å². The van der Waals surface area contributed by atoms with E-state index in [0.717, 1.165) is 38.5 Å². The molecule has 3 aliphatic rings. The smallest absolute Gasteiger partial charge is 0.426 e. The third kappa shape index (κ3) is 5.48. The third-order valence-electron chi connectivity index (χ3n) is 6.81. The van der Waals surface area contributed by atoms with Crippen LogP contribution in [0, 0.1) is 0 Å².